The monoisotopic (exact) mass is 615 g/mol. The molecule has 0 aliphatic carbocycles. The molecule has 0 spiro atoms. The molecule has 0 unspecified atom stereocenters. The molecule has 5 heteroatoms. The van der Waals surface area contributed by atoms with Crippen LogP contribution < -0.4 is 38.7 Å². The number of aliphatic imine (C=N–C) groups is 1. The van der Waals surface area contributed by atoms with E-state index in [-0.39, 0.29) is 50.5 Å². The summed E-state index contributed by atoms with van der Waals surface area (Å²) in [4.78, 5) is 4.94. The second-order valence-corrected chi connectivity index (χ2v) is 8.61. The quantitative estimate of drug-likeness (QED) is 0.293. The summed E-state index contributed by atoms with van der Waals surface area (Å²) in [5, 5.41) is 0. The Hall–Kier alpha value is -1.42. The predicted molar refractivity (Wildman–Crippen MR) is 129 cm³/mol. The average Bonchev–Trinajstić information content (AvgIpc) is 2.71. The van der Waals surface area contributed by atoms with Crippen molar-refractivity contribution in [2.45, 2.75) is 60.0 Å². The van der Waals surface area contributed by atoms with Gasteiger partial charge >= 0.3 is 16.5 Å². The van der Waals surface area contributed by atoms with Crippen molar-refractivity contribution in [2.24, 2.45) is 4.99 Å². The first kappa shape index (κ1) is 31.6. The number of hydrogen-bond acceptors (Lipinski definition) is 2. The van der Waals surface area contributed by atoms with Crippen molar-refractivity contribution >= 4 is 11.9 Å². The fraction of sp³-hybridized carbons (Fsp3) is 0.321. The van der Waals surface area contributed by atoms with Crippen LogP contribution in [0.1, 0.15) is 72.9 Å². The number of rotatable bonds is 7. The van der Waals surface area contributed by atoms with Crippen LogP contribution in [0, 0.1) is 13.8 Å². The van der Waals surface area contributed by atoms with Crippen LogP contribution in [0.5, 0.6) is 5.75 Å². The number of ether oxygens (including phenoxy) is 1. The molecule has 0 fully saturated rings. The zero-order chi connectivity index (χ0) is 21.7. The number of nitrogens with zero attached hydrogens (tertiary/aromatic N) is 1. The van der Waals surface area contributed by atoms with E-state index in [1.54, 1.807) is 0 Å². The average molecular weight is 618 g/mol. The number of aryl methyl sites for hydroxylation is 2. The molecule has 0 saturated heterocycles. The summed E-state index contributed by atoms with van der Waals surface area (Å²) in [5.41, 5.74) is 8.27. The third kappa shape index (κ3) is 8.39. The third-order valence-electron chi connectivity index (χ3n) is 5.43. The summed E-state index contributed by atoms with van der Waals surface area (Å²) >= 11 is 0. The molecule has 0 heterocycles. The van der Waals surface area contributed by atoms with Crippen molar-refractivity contribution in [1.29, 1.82) is 0 Å². The van der Waals surface area contributed by atoms with Gasteiger partial charge in [0.25, 0.3) is 0 Å². The minimum atomic E-state index is 0. The van der Waals surface area contributed by atoms with Gasteiger partial charge in [0.05, 0.1) is 5.69 Å². The van der Waals surface area contributed by atoms with E-state index in [1.807, 2.05) is 6.21 Å². The molecule has 3 rings (SSSR count). The largest absolute Gasteiger partial charge is 2.00 e. The summed E-state index contributed by atoms with van der Waals surface area (Å²) in [6, 6.07) is 21.2. The maximum atomic E-state index is 6.13. The van der Waals surface area contributed by atoms with Crippen molar-refractivity contribution in [2.75, 3.05) is 0 Å². The maximum Gasteiger partial charge on any atom is 2.00 e. The maximum absolute atomic E-state index is 6.13. The van der Waals surface area contributed by atoms with Gasteiger partial charge < -0.3 is 38.7 Å². The van der Waals surface area contributed by atoms with Crippen molar-refractivity contribution in [3.63, 3.8) is 0 Å². The van der Waals surface area contributed by atoms with Gasteiger partial charge in [0.2, 0.25) is 0 Å². The second kappa shape index (κ2) is 14.8. The SMILES string of the molecule is Cc1cccc(C)c1OCc1cccc(C=Nc2c(C(C)C)cccc2C(C)C)c1.[Br-].[Br-].[Ni+2]. The molecular formula is C28H33Br2NNiO. The summed E-state index contributed by atoms with van der Waals surface area (Å²) < 4.78 is 6.13. The smallest absolute Gasteiger partial charge is 1.00 e. The van der Waals surface area contributed by atoms with E-state index in [9.17, 15) is 0 Å². The Balaban J connectivity index is 0.00000341. The van der Waals surface area contributed by atoms with E-state index < -0.39 is 0 Å². The van der Waals surface area contributed by atoms with Crippen LogP contribution in [0.15, 0.2) is 65.7 Å². The fourth-order valence-corrected chi connectivity index (χ4v) is 3.75. The van der Waals surface area contributed by atoms with Crippen molar-refractivity contribution in [3.8, 4) is 5.75 Å². The summed E-state index contributed by atoms with van der Waals surface area (Å²) in [6.07, 6.45) is 1.98. The predicted octanol–water partition coefficient (Wildman–Crippen LogP) is 1.89. The topological polar surface area (TPSA) is 21.6 Å². The Morgan fingerprint density at radius 3 is 1.85 bits per heavy atom. The standard InChI is InChI=1S/C28H33NO.2BrH.Ni/c1-19(2)25-14-9-15-26(20(3)4)27(25)29-17-23-12-8-13-24(16-23)18-30-28-21(5)10-7-11-22(28)6;;;/h7-17,19-20H,18H2,1-6H3;2*1H;/q;;;+2/p-2. The van der Waals surface area contributed by atoms with Gasteiger partial charge in [-0.1, -0.05) is 82.3 Å². The Morgan fingerprint density at radius 1 is 0.788 bits per heavy atom. The molecule has 0 bridgehead atoms. The van der Waals surface area contributed by atoms with Crippen LogP contribution in [0.3, 0.4) is 0 Å². The molecule has 33 heavy (non-hydrogen) atoms. The van der Waals surface area contributed by atoms with Crippen LogP contribution in [-0.4, -0.2) is 6.21 Å². The van der Waals surface area contributed by atoms with E-state index in [0.717, 1.165) is 22.6 Å². The van der Waals surface area contributed by atoms with Crippen molar-refractivity contribution in [3.05, 3.63) is 94.0 Å². The molecule has 3 aromatic carbocycles. The normalized spacial score (nSPS) is 10.5. The van der Waals surface area contributed by atoms with E-state index in [0.29, 0.717) is 18.4 Å². The molecule has 0 radical (unpaired) electrons. The van der Waals surface area contributed by atoms with Gasteiger partial charge in [-0.3, -0.25) is 4.99 Å². The molecule has 0 saturated carbocycles. The Bertz CT molecular complexity index is 1000. The minimum absolute atomic E-state index is 0. The first-order chi connectivity index (χ1) is 14.4. The van der Waals surface area contributed by atoms with Gasteiger partial charge in [0.15, 0.2) is 0 Å². The van der Waals surface area contributed by atoms with Crippen LogP contribution in [0.2, 0.25) is 0 Å². The Kier molecular flexibility index (Phi) is 14.1. The van der Waals surface area contributed by atoms with Gasteiger partial charge in [-0.05, 0) is 65.1 Å². The van der Waals surface area contributed by atoms with Crippen molar-refractivity contribution in [1.82, 2.24) is 0 Å². The van der Waals surface area contributed by atoms with Gasteiger partial charge in [-0.15, -0.1) is 0 Å². The molecule has 0 aromatic heterocycles. The zero-order valence-corrected chi connectivity index (χ0v) is 24.3. The molecule has 0 aliphatic heterocycles. The van der Waals surface area contributed by atoms with Gasteiger partial charge in [0, 0.05) is 6.21 Å². The van der Waals surface area contributed by atoms with Gasteiger partial charge in [-0.25, -0.2) is 0 Å². The Morgan fingerprint density at radius 2 is 1.30 bits per heavy atom. The van der Waals surface area contributed by atoms with Crippen LogP contribution in [-0.2, 0) is 23.1 Å². The molecular weight excluding hydrogens is 585 g/mol. The molecule has 180 valence electrons. The van der Waals surface area contributed by atoms with Crippen LogP contribution in [0.25, 0.3) is 0 Å². The summed E-state index contributed by atoms with van der Waals surface area (Å²) in [5.74, 6) is 1.85. The second-order valence-electron chi connectivity index (χ2n) is 8.61. The van der Waals surface area contributed by atoms with Crippen LogP contribution in [0.4, 0.5) is 5.69 Å². The molecule has 0 amide bonds. The van der Waals surface area contributed by atoms with Gasteiger partial charge in [0.1, 0.15) is 12.4 Å². The van der Waals surface area contributed by atoms with E-state index in [4.69, 9.17) is 9.73 Å². The zero-order valence-electron chi connectivity index (χ0n) is 20.1. The van der Waals surface area contributed by atoms with E-state index >= 15 is 0 Å². The molecule has 0 N–H and O–H groups in total. The third-order valence-corrected chi connectivity index (χ3v) is 5.43. The number of para-hydroxylation sites is 2. The molecule has 0 aliphatic rings. The fourth-order valence-electron chi connectivity index (χ4n) is 3.75. The summed E-state index contributed by atoms with van der Waals surface area (Å²) in [7, 11) is 0. The minimum Gasteiger partial charge on any atom is -1.00 e. The van der Waals surface area contributed by atoms with Crippen LogP contribution >= 0.6 is 0 Å². The Labute approximate surface area is 230 Å². The number of hydrogen-bond donors (Lipinski definition) is 0. The van der Waals surface area contributed by atoms with Gasteiger partial charge in [-0.2, -0.15) is 0 Å². The first-order valence-corrected chi connectivity index (χ1v) is 10.8. The molecule has 0 atom stereocenters. The van der Waals surface area contributed by atoms with E-state index in [1.165, 1.54) is 22.3 Å². The summed E-state index contributed by atoms with van der Waals surface area (Å²) in [6.45, 7) is 13.6. The number of halogens is 2. The molecule has 2 nitrogen and oxygen atoms in total. The van der Waals surface area contributed by atoms with Crippen molar-refractivity contribution < 1.29 is 55.2 Å². The number of benzene rings is 3. The van der Waals surface area contributed by atoms with E-state index in [2.05, 4.69) is 102 Å². The first-order valence-electron chi connectivity index (χ1n) is 10.8. The molecule has 3 aromatic rings.